The van der Waals surface area contributed by atoms with Crippen molar-refractivity contribution >= 4 is 31.9 Å². The first-order chi connectivity index (χ1) is 9.70. The molecule has 0 saturated heterocycles. The van der Waals surface area contributed by atoms with Crippen molar-refractivity contribution in [3.05, 3.63) is 51.2 Å². The molecule has 0 aliphatic heterocycles. The van der Waals surface area contributed by atoms with Crippen molar-refractivity contribution in [3.63, 3.8) is 0 Å². The summed E-state index contributed by atoms with van der Waals surface area (Å²) < 4.78 is 7.82. The number of pyridine rings is 1. The summed E-state index contributed by atoms with van der Waals surface area (Å²) in [5.74, 6) is 1.59. The molecule has 5 heteroatoms. The van der Waals surface area contributed by atoms with Gasteiger partial charge in [0.25, 0.3) is 0 Å². The van der Waals surface area contributed by atoms with Gasteiger partial charge in [0, 0.05) is 29.3 Å². The van der Waals surface area contributed by atoms with Gasteiger partial charge in [-0.2, -0.15) is 0 Å². The highest BCUT2D eigenvalue weighted by molar-refractivity contribution is 9.11. The summed E-state index contributed by atoms with van der Waals surface area (Å²) in [5.41, 5.74) is 1.00. The van der Waals surface area contributed by atoms with E-state index in [4.69, 9.17) is 4.74 Å². The lowest BCUT2D eigenvalue weighted by Crippen LogP contribution is -2.16. The van der Waals surface area contributed by atoms with E-state index < -0.39 is 0 Å². The molecule has 1 aromatic heterocycles. The molecular weight excluding hydrogens is 384 g/mol. The van der Waals surface area contributed by atoms with Gasteiger partial charge < -0.3 is 10.1 Å². The molecular formula is C15H14Br2N2O. The van der Waals surface area contributed by atoms with Crippen LogP contribution < -0.4 is 10.1 Å². The highest BCUT2D eigenvalue weighted by Gasteiger charge is 2.20. The molecule has 1 aliphatic carbocycles. The molecule has 1 saturated carbocycles. The second kappa shape index (κ2) is 6.24. The minimum absolute atomic E-state index is 0.682. The third kappa shape index (κ3) is 3.81. The fraction of sp³-hybridized carbons (Fsp3) is 0.267. The van der Waals surface area contributed by atoms with Crippen molar-refractivity contribution < 1.29 is 4.74 Å². The van der Waals surface area contributed by atoms with Crippen LogP contribution >= 0.6 is 31.9 Å². The van der Waals surface area contributed by atoms with E-state index in [1.54, 1.807) is 6.20 Å². The lowest BCUT2D eigenvalue weighted by Gasteiger charge is -2.09. The summed E-state index contributed by atoms with van der Waals surface area (Å²) >= 11 is 6.93. The van der Waals surface area contributed by atoms with Crippen LogP contribution in [0.25, 0.3) is 0 Å². The van der Waals surface area contributed by atoms with Gasteiger partial charge in [0.05, 0.1) is 10.2 Å². The first-order valence-electron chi connectivity index (χ1n) is 6.52. The van der Waals surface area contributed by atoms with Gasteiger partial charge in [-0.3, -0.25) is 4.98 Å². The Balaban J connectivity index is 1.70. The Labute approximate surface area is 135 Å². The Morgan fingerprint density at radius 2 is 2.05 bits per heavy atom. The predicted octanol–water partition coefficient (Wildman–Crippen LogP) is 4.65. The second-order valence-electron chi connectivity index (χ2n) is 4.81. The molecule has 3 nitrogen and oxygen atoms in total. The monoisotopic (exact) mass is 396 g/mol. The summed E-state index contributed by atoms with van der Waals surface area (Å²) in [5, 5.41) is 3.45. The van der Waals surface area contributed by atoms with E-state index in [2.05, 4.69) is 42.2 Å². The summed E-state index contributed by atoms with van der Waals surface area (Å²) in [4.78, 5) is 4.36. The number of hydrogen-bond donors (Lipinski definition) is 1. The highest BCUT2D eigenvalue weighted by Crippen LogP contribution is 2.32. The van der Waals surface area contributed by atoms with E-state index in [1.807, 2.05) is 30.3 Å². The van der Waals surface area contributed by atoms with Gasteiger partial charge in [0.1, 0.15) is 11.5 Å². The first kappa shape index (κ1) is 14.0. The predicted molar refractivity (Wildman–Crippen MR) is 86.0 cm³/mol. The van der Waals surface area contributed by atoms with Crippen LogP contribution in [-0.4, -0.2) is 11.0 Å². The standard InChI is InChI=1S/C15H14Br2N2O/c16-10-1-4-15(14(17)7-10)20-13-5-6-18-12(8-13)9-19-11-2-3-11/h1,4-8,11,19H,2-3,9H2. The zero-order valence-corrected chi connectivity index (χ0v) is 13.9. The van der Waals surface area contributed by atoms with Crippen molar-refractivity contribution in [2.75, 3.05) is 0 Å². The van der Waals surface area contributed by atoms with Gasteiger partial charge in [-0.25, -0.2) is 0 Å². The van der Waals surface area contributed by atoms with Crippen LogP contribution in [-0.2, 0) is 6.54 Å². The minimum atomic E-state index is 0.682. The Morgan fingerprint density at radius 1 is 1.20 bits per heavy atom. The van der Waals surface area contributed by atoms with Gasteiger partial charge in [-0.05, 0) is 53.0 Å². The number of rotatable bonds is 5. The topological polar surface area (TPSA) is 34.1 Å². The maximum Gasteiger partial charge on any atom is 0.141 e. The van der Waals surface area contributed by atoms with Crippen molar-refractivity contribution in [3.8, 4) is 11.5 Å². The number of benzene rings is 1. The quantitative estimate of drug-likeness (QED) is 0.797. The van der Waals surface area contributed by atoms with Gasteiger partial charge >= 0.3 is 0 Å². The number of hydrogen-bond acceptors (Lipinski definition) is 3. The Morgan fingerprint density at radius 3 is 2.80 bits per heavy atom. The van der Waals surface area contributed by atoms with Crippen LogP contribution in [0.15, 0.2) is 45.5 Å². The molecule has 1 N–H and O–H groups in total. The third-order valence-electron chi connectivity index (χ3n) is 3.06. The van der Waals surface area contributed by atoms with Crippen LogP contribution in [0.3, 0.4) is 0 Å². The summed E-state index contributed by atoms with van der Waals surface area (Å²) in [7, 11) is 0. The number of nitrogens with one attached hydrogen (secondary N) is 1. The average Bonchev–Trinajstić information content (AvgIpc) is 3.24. The molecule has 0 spiro atoms. The number of aromatic nitrogens is 1. The highest BCUT2D eigenvalue weighted by atomic mass is 79.9. The smallest absolute Gasteiger partial charge is 0.141 e. The number of ether oxygens (including phenoxy) is 1. The molecule has 1 aliphatic rings. The zero-order chi connectivity index (χ0) is 13.9. The molecule has 0 atom stereocenters. The number of halogens is 2. The molecule has 3 rings (SSSR count). The Kier molecular flexibility index (Phi) is 4.38. The van der Waals surface area contributed by atoms with Gasteiger partial charge in [-0.15, -0.1) is 0 Å². The van der Waals surface area contributed by atoms with E-state index in [0.29, 0.717) is 6.04 Å². The normalized spacial score (nSPS) is 14.3. The number of nitrogens with zero attached hydrogens (tertiary/aromatic N) is 1. The van der Waals surface area contributed by atoms with E-state index in [-0.39, 0.29) is 0 Å². The second-order valence-corrected chi connectivity index (χ2v) is 6.58. The molecule has 2 aromatic rings. The fourth-order valence-corrected chi connectivity index (χ4v) is 2.97. The van der Waals surface area contributed by atoms with Gasteiger partial charge in [0.2, 0.25) is 0 Å². The molecule has 0 unspecified atom stereocenters. The largest absolute Gasteiger partial charge is 0.456 e. The van der Waals surface area contributed by atoms with E-state index in [9.17, 15) is 0 Å². The molecule has 1 heterocycles. The van der Waals surface area contributed by atoms with Crippen molar-refractivity contribution in [2.45, 2.75) is 25.4 Å². The first-order valence-corrected chi connectivity index (χ1v) is 8.10. The lowest BCUT2D eigenvalue weighted by atomic mass is 10.3. The Hall–Kier alpha value is -0.910. The van der Waals surface area contributed by atoms with Gasteiger partial charge in [0.15, 0.2) is 0 Å². The maximum absolute atomic E-state index is 5.89. The Bertz CT molecular complexity index is 615. The average molecular weight is 398 g/mol. The molecule has 1 fully saturated rings. The molecule has 1 aromatic carbocycles. The molecule has 0 radical (unpaired) electrons. The fourth-order valence-electron chi connectivity index (χ4n) is 1.84. The van der Waals surface area contributed by atoms with Crippen LogP contribution in [0.1, 0.15) is 18.5 Å². The zero-order valence-electron chi connectivity index (χ0n) is 10.8. The van der Waals surface area contributed by atoms with Gasteiger partial charge in [-0.1, -0.05) is 15.9 Å². The lowest BCUT2D eigenvalue weighted by molar-refractivity contribution is 0.477. The third-order valence-corrected chi connectivity index (χ3v) is 4.17. The van der Waals surface area contributed by atoms with E-state index in [1.165, 1.54) is 12.8 Å². The SMILES string of the molecule is Brc1ccc(Oc2ccnc(CNC3CC3)c2)c(Br)c1. The summed E-state index contributed by atoms with van der Waals surface area (Å²) in [6, 6.07) is 10.4. The van der Waals surface area contributed by atoms with Crippen LogP contribution in [0.5, 0.6) is 11.5 Å². The van der Waals surface area contributed by atoms with E-state index >= 15 is 0 Å². The minimum Gasteiger partial charge on any atom is -0.456 e. The molecule has 0 bridgehead atoms. The molecule has 20 heavy (non-hydrogen) atoms. The van der Waals surface area contributed by atoms with E-state index in [0.717, 1.165) is 32.7 Å². The molecule has 0 amide bonds. The molecule has 104 valence electrons. The summed E-state index contributed by atoms with van der Waals surface area (Å²) in [6.07, 6.45) is 4.34. The van der Waals surface area contributed by atoms with Crippen molar-refractivity contribution in [1.29, 1.82) is 0 Å². The van der Waals surface area contributed by atoms with Crippen LogP contribution in [0, 0.1) is 0 Å². The summed E-state index contributed by atoms with van der Waals surface area (Å²) in [6.45, 7) is 0.795. The van der Waals surface area contributed by atoms with Crippen molar-refractivity contribution in [2.24, 2.45) is 0 Å². The van der Waals surface area contributed by atoms with Crippen molar-refractivity contribution in [1.82, 2.24) is 10.3 Å². The van der Waals surface area contributed by atoms with Crippen LogP contribution in [0.2, 0.25) is 0 Å². The van der Waals surface area contributed by atoms with Crippen LogP contribution in [0.4, 0.5) is 0 Å². The maximum atomic E-state index is 5.89.